The van der Waals surface area contributed by atoms with E-state index in [-0.39, 0.29) is 5.56 Å². The molecule has 0 saturated heterocycles. The Morgan fingerprint density at radius 3 is 2.74 bits per heavy atom. The van der Waals surface area contributed by atoms with Gasteiger partial charge in [-0.3, -0.25) is 4.98 Å². The van der Waals surface area contributed by atoms with Crippen molar-refractivity contribution in [2.45, 2.75) is 13.5 Å². The molecule has 0 aliphatic carbocycles. The third-order valence-electron chi connectivity index (χ3n) is 2.69. The van der Waals surface area contributed by atoms with Gasteiger partial charge in [0.2, 0.25) is 0 Å². The van der Waals surface area contributed by atoms with Crippen molar-refractivity contribution in [3.63, 3.8) is 0 Å². The second-order valence-electron chi connectivity index (χ2n) is 4.00. The normalized spacial score (nSPS) is 10.4. The molecular weight excluding hydrogens is 242 g/mol. The lowest BCUT2D eigenvalue weighted by Gasteiger charge is -2.07. The first-order valence-electron chi connectivity index (χ1n) is 6.08. The fourth-order valence-electron chi connectivity index (χ4n) is 1.81. The number of hydrogen-bond donors (Lipinski definition) is 1. The SMILES string of the molecule is CCOCc1cccc(-c2ccccc2C(=O)O)n1. The van der Waals surface area contributed by atoms with E-state index in [1.165, 1.54) is 0 Å². The minimum atomic E-state index is -0.951. The second-order valence-corrected chi connectivity index (χ2v) is 4.00. The lowest BCUT2D eigenvalue weighted by molar-refractivity contribution is 0.0697. The summed E-state index contributed by atoms with van der Waals surface area (Å²) in [6.45, 7) is 2.97. The Bertz CT molecular complexity index is 581. The maximum atomic E-state index is 11.2. The van der Waals surface area contributed by atoms with Gasteiger partial charge in [0.15, 0.2) is 0 Å². The molecule has 2 aromatic rings. The van der Waals surface area contributed by atoms with Crippen LogP contribution in [-0.4, -0.2) is 22.7 Å². The molecule has 0 bridgehead atoms. The van der Waals surface area contributed by atoms with Crippen LogP contribution in [0.4, 0.5) is 0 Å². The van der Waals surface area contributed by atoms with Gasteiger partial charge in [-0.15, -0.1) is 0 Å². The first kappa shape index (κ1) is 13.2. The Balaban J connectivity index is 2.39. The van der Waals surface area contributed by atoms with E-state index in [9.17, 15) is 9.90 Å². The van der Waals surface area contributed by atoms with Crippen molar-refractivity contribution < 1.29 is 14.6 Å². The molecule has 0 amide bonds. The highest BCUT2D eigenvalue weighted by Gasteiger charge is 2.11. The molecule has 4 nitrogen and oxygen atoms in total. The summed E-state index contributed by atoms with van der Waals surface area (Å²) in [6, 6.07) is 12.4. The number of hydrogen-bond acceptors (Lipinski definition) is 3. The van der Waals surface area contributed by atoms with Crippen molar-refractivity contribution in [1.29, 1.82) is 0 Å². The third kappa shape index (κ3) is 3.17. The zero-order valence-electron chi connectivity index (χ0n) is 10.7. The highest BCUT2D eigenvalue weighted by Crippen LogP contribution is 2.22. The molecular formula is C15H15NO3. The summed E-state index contributed by atoms with van der Waals surface area (Å²) in [5.41, 5.74) is 2.31. The number of nitrogens with zero attached hydrogens (tertiary/aromatic N) is 1. The molecule has 0 atom stereocenters. The summed E-state index contributed by atoms with van der Waals surface area (Å²) in [4.78, 5) is 15.6. The molecule has 2 rings (SSSR count). The van der Waals surface area contributed by atoms with Gasteiger partial charge in [0.25, 0.3) is 0 Å². The van der Waals surface area contributed by atoms with E-state index in [1.54, 1.807) is 30.3 Å². The lowest BCUT2D eigenvalue weighted by atomic mass is 10.0. The van der Waals surface area contributed by atoms with Crippen molar-refractivity contribution in [2.24, 2.45) is 0 Å². The van der Waals surface area contributed by atoms with Gasteiger partial charge in [-0.05, 0) is 25.1 Å². The van der Waals surface area contributed by atoms with Crippen LogP contribution < -0.4 is 0 Å². The highest BCUT2D eigenvalue weighted by atomic mass is 16.5. The maximum Gasteiger partial charge on any atom is 0.336 e. The van der Waals surface area contributed by atoms with Crippen LogP contribution >= 0.6 is 0 Å². The van der Waals surface area contributed by atoms with E-state index in [2.05, 4.69) is 4.98 Å². The van der Waals surface area contributed by atoms with E-state index < -0.39 is 5.97 Å². The maximum absolute atomic E-state index is 11.2. The molecule has 1 aromatic carbocycles. The number of rotatable bonds is 5. The monoisotopic (exact) mass is 257 g/mol. The van der Waals surface area contributed by atoms with Crippen molar-refractivity contribution in [3.05, 3.63) is 53.7 Å². The number of benzene rings is 1. The van der Waals surface area contributed by atoms with Gasteiger partial charge in [-0.1, -0.05) is 24.3 Å². The van der Waals surface area contributed by atoms with E-state index >= 15 is 0 Å². The minimum Gasteiger partial charge on any atom is -0.478 e. The summed E-state index contributed by atoms with van der Waals surface area (Å²) >= 11 is 0. The summed E-state index contributed by atoms with van der Waals surface area (Å²) in [5, 5.41) is 9.19. The molecule has 1 aromatic heterocycles. The molecule has 0 fully saturated rings. The Morgan fingerprint density at radius 2 is 2.00 bits per heavy atom. The van der Waals surface area contributed by atoms with E-state index in [1.807, 2.05) is 19.1 Å². The van der Waals surface area contributed by atoms with Gasteiger partial charge in [-0.2, -0.15) is 0 Å². The Hall–Kier alpha value is -2.20. The van der Waals surface area contributed by atoms with Gasteiger partial charge in [0, 0.05) is 12.2 Å². The van der Waals surface area contributed by atoms with Gasteiger partial charge >= 0.3 is 5.97 Å². The molecule has 0 spiro atoms. The summed E-state index contributed by atoms with van der Waals surface area (Å²) in [7, 11) is 0. The average molecular weight is 257 g/mol. The quantitative estimate of drug-likeness (QED) is 0.894. The van der Waals surface area contributed by atoms with Crippen LogP contribution in [0.25, 0.3) is 11.3 Å². The van der Waals surface area contributed by atoms with Crippen LogP contribution in [0.1, 0.15) is 23.0 Å². The van der Waals surface area contributed by atoms with Gasteiger partial charge in [-0.25, -0.2) is 4.79 Å². The number of carboxylic acids is 1. The summed E-state index contributed by atoms with van der Waals surface area (Å²) < 4.78 is 5.31. The molecule has 1 heterocycles. The van der Waals surface area contributed by atoms with E-state index in [0.29, 0.717) is 24.5 Å². The van der Waals surface area contributed by atoms with Crippen LogP contribution in [0.15, 0.2) is 42.5 Å². The molecule has 19 heavy (non-hydrogen) atoms. The zero-order valence-corrected chi connectivity index (χ0v) is 10.7. The molecule has 0 radical (unpaired) electrons. The van der Waals surface area contributed by atoms with Gasteiger partial charge in [0.1, 0.15) is 0 Å². The summed E-state index contributed by atoms with van der Waals surface area (Å²) in [5.74, 6) is -0.951. The number of carboxylic acid groups (broad SMARTS) is 1. The molecule has 1 N–H and O–H groups in total. The van der Waals surface area contributed by atoms with Crippen molar-refractivity contribution >= 4 is 5.97 Å². The third-order valence-corrected chi connectivity index (χ3v) is 2.69. The van der Waals surface area contributed by atoms with Crippen LogP contribution in [0.3, 0.4) is 0 Å². The van der Waals surface area contributed by atoms with E-state index in [0.717, 1.165) is 5.69 Å². The highest BCUT2D eigenvalue weighted by molar-refractivity contribution is 5.95. The predicted molar refractivity (Wildman–Crippen MR) is 72.0 cm³/mol. The smallest absolute Gasteiger partial charge is 0.336 e. The zero-order chi connectivity index (χ0) is 13.7. The first-order chi connectivity index (χ1) is 9.22. The Morgan fingerprint density at radius 1 is 1.21 bits per heavy atom. The molecule has 98 valence electrons. The van der Waals surface area contributed by atoms with E-state index in [4.69, 9.17) is 4.74 Å². The number of ether oxygens (including phenoxy) is 1. The fourth-order valence-corrected chi connectivity index (χ4v) is 1.81. The van der Waals surface area contributed by atoms with Crippen LogP contribution in [0, 0.1) is 0 Å². The van der Waals surface area contributed by atoms with Crippen molar-refractivity contribution in [1.82, 2.24) is 4.98 Å². The Kier molecular flexibility index (Phi) is 4.26. The minimum absolute atomic E-state index is 0.253. The molecule has 0 aliphatic heterocycles. The molecule has 0 aliphatic rings. The van der Waals surface area contributed by atoms with Crippen LogP contribution in [0.5, 0.6) is 0 Å². The molecule has 0 saturated carbocycles. The second kappa shape index (κ2) is 6.11. The largest absolute Gasteiger partial charge is 0.478 e. The molecule has 4 heteroatoms. The predicted octanol–water partition coefficient (Wildman–Crippen LogP) is 2.98. The van der Waals surface area contributed by atoms with Gasteiger partial charge in [0.05, 0.1) is 23.6 Å². The first-order valence-corrected chi connectivity index (χ1v) is 6.08. The van der Waals surface area contributed by atoms with Crippen LogP contribution in [0.2, 0.25) is 0 Å². The van der Waals surface area contributed by atoms with Crippen molar-refractivity contribution in [2.75, 3.05) is 6.61 Å². The topological polar surface area (TPSA) is 59.4 Å². The Labute approximate surface area is 111 Å². The number of aromatic nitrogens is 1. The fraction of sp³-hybridized carbons (Fsp3) is 0.200. The van der Waals surface area contributed by atoms with Crippen molar-refractivity contribution in [3.8, 4) is 11.3 Å². The van der Waals surface area contributed by atoms with Gasteiger partial charge < -0.3 is 9.84 Å². The number of pyridine rings is 1. The average Bonchev–Trinajstić information content (AvgIpc) is 2.45. The standard InChI is InChI=1S/C15H15NO3/c1-2-19-10-11-6-5-9-14(16-11)12-7-3-4-8-13(12)15(17)18/h3-9H,2,10H2,1H3,(H,17,18). The molecule has 0 unspecified atom stereocenters. The number of carbonyl (C=O) groups is 1. The summed E-state index contributed by atoms with van der Waals surface area (Å²) in [6.07, 6.45) is 0. The number of aromatic carboxylic acids is 1. The van der Waals surface area contributed by atoms with Crippen LogP contribution in [-0.2, 0) is 11.3 Å². The lowest BCUT2D eigenvalue weighted by Crippen LogP contribution is -2.01.